The number of aromatic nitrogens is 1. The summed E-state index contributed by atoms with van der Waals surface area (Å²) in [5.41, 5.74) is 2.59. The summed E-state index contributed by atoms with van der Waals surface area (Å²) >= 11 is 15.2. The van der Waals surface area contributed by atoms with E-state index in [-0.39, 0.29) is 5.91 Å². The van der Waals surface area contributed by atoms with Crippen molar-refractivity contribution in [3.05, 3.63) is 63.5 Å². The van der Waals surface area contributed by atoms with Crippen molar-refractivity contribution in [2.75, 3.05) is 5.32 Å². The first-order valence-corrected chi connectivity index (χ1v) is 10.9. The van der Waals surface area contributed by atoms with Crippen molar-refractivity contribution in [1.29, 1.82) is 0 Å². The molecule has 1 amide bonds. The van der Waals surface area contributed by atoms with Gasteiger partial charge < -0.3 is 5.32 Å². The van der Waals surface area contributed by atoms with E-state index in [2.05, 4.69) is 36.3 Å². The number of amides is 1. The maximum atomic E-state index is 12.3. The number of hydrogen-bond donors (Lipinski definition) is 1. The third-order valence-electron chi connectivity index (χ3n) is 3.63. The van der Waals surface area contributed by atoms with Crippen LogP contribution in [0.25, 0.3) is 11.3 Å². The third kappa shape index (κ3) is 5.72. The lowest BCUT2D eigenvalue weighted by atomic mass is 10.1. The molecule has 0 aliphatic carbocycles. The number of thiazole rings is 1. The van der Waals surface area contributed by atoms with Gasteiger partial charge in [0.25, 0.3) is 0 Å². The SMILES string of the molecule is CC(C)Sc1ccc(CC(=O)Nc2nc(-c3ccc(Cl)c(Cl)c3)cs2)cc1. The highest BCUT2D eigenvalue weighted by Crippen LogP contribution is 2.30. The van der Waals surface area contributed by atoms with Gasteiger partial charge in [0.2, 0.25) is 5.91 Å². The summed E-state index contributed by atoms with van der Waals surface area (Å²) in [7, 11) is 0. The number of rotatable bonds is 6. The third-order valence-corrected chi connectivity index (χ3v) is 6.14. The highest BCUT2D eigenvalue weighted by molar-refractivity contribution is 7.99. The first-order chi connectivity index (χ1) is 12.9. The fourth-order valence-corrected chi connectivity index (χ4v) is 4.30. The smallest absolute Gasteiger partial charge is 0.230 e. The largest absolute Gasteiger partial charge is 0.302 e. The lowest BCUT2D eigenvalue weighted by Gasteiger charge is -2.06. The number of hydrogen-bond acceptors (Lipinski definition) is 4. The number of nitrogens with zero attached hydrogens (tertiary/aromatic N) is 1. The average Bonchev–Trinajstić information content (AvgIpc) is 3.07. The molecule has 0 bridgehead atoms. The standard InChI is InChI=1S/C20H18Cl2N2OS2/c1-12(2)27-15-6-3-13(4-7-15)9-19(25)24-20-23-18(11-26-20)14-5-8-16(21)17(22)10-14/h3-8,10-12H,9H2,1-2H3,(H,23,24,25). The molecule has 1 heterocycles. The molecule has 1 N–H and O–H groups in total. The maximum absolute atomic E-state index is 12.3. The van der Waals surface area contributed by atoms with Gasteiger partial charge in [0, 0.05) is 21.1 Å². The number of thioether (sulfide) groups is 1. The molecule has 2 aromatic carbocycles. The van der Waals surface area contributed by atoms with Gasteiger partial charge in [0.1, 0.15) is 0 Å². The average molecular weight is 437 g/mol. The number of carbonyl (C=O) groups excluding carboxylic acids is 1. The van der Waals surface area contributed by atoms with Crippen LogP contribution in [0.4, 0.5) is 5.13 Å². The van der Waals surface area contributed by atoms with Crippen LogP contribution in [0.3, 0.4) is 0 Å². The summed E-state index contributed by atoms with van der Waals surface area (Å²) in [6, 6.07) is 13.4. The minimum Gasteiger partial charge on any atom is -0.302 e. The van der Waals surface area contributed by atoms with Crippen LogP contribution in [-0.2, 0) is 11.2 Å². The zero-order chi connectivity index (χ0) is 19.4. The maximum Gasteiger partial charge on any atom is 0.230 e. The van der Waals surface area contributed by atoms with Crippen molar-refractivity contribution >= 4 is 57.3 Å². The van der Waals surface area contributed by atoms with E-state index in [9.17, 15) is 4.79 Å². The predicted octanol–water partition coefficient (Wildman–Crippen LogP) is 6.80. The lowest BCUT2D eigenvalue weighted by Crippen LogP contribution is -2.14. The molecule has 7 heteroatoms. The Kier molecular flexibility index (Phi) is 6.82. The number of benzene rings is 2. The molecule has 0 aliphatic rings. The molecule has 0 unspecified atom stereocenters. The van der Waals surface area contributed by atoms with Crippen LogP contribution in [-0.4, -0.2) is 16.1 Å². The molecule has 3 aromatic rings. The van der Waals surface area contributed by atoms with Gasteiger partial charge in [-0.05, 0) is 29.8 Å². The van der Waals surface area contributed by atoms with Crippen LogP contribution < -0.4 is 5.32 Å². The quantitative estimate of drug-likeness (QED) is 0.431. The fraction of sp³-hybridized carbons (Fsp3) is 0.200. The highest BCUT2D eigenvalue weighted by Gasteiger charge is 2.10. The Balaban J connectivity index is 1.61. The van der Waals surface area contributed by atoms with E-state index in [4.69, 9.17) is 23.2 Å². The summed E-state index contributed by atoms with van der Waals surface area (Å²) < 4.78 is 0. The number of nitrogens with one attached hydrogen (secondary N) is 1. The first kappa shape index (κ1) is 20.2. The number of halogens is 2. The van der Waals surface area contributed by atoms with Gasteiger partial charge >= 0.3 is 0 Å². The van der Waals surface area contributed by atoms with Gasteiger partial charge in [-0.3, -0.25) is 4.79 Å². The van der Waals surface area contributed by atoms with Crippen molar-refractivity contribution in [2.24, 2.45) is 0 Å². The van der Waals surface area contributed by atoms with Crippen molar-refractivity contribution < 1.29 is 4.79 Å². The minimum atomic E-state index is -0.0886. The normalized spacial score (nSPS) is 11.0. The summed E-state index contributed by atoms with van der Waals surface area (Å²) in [4.78, 5) is 18.0. The second-order valence-corrected chi connectivity index (χ2v) is 9.52. The molecule has 0 atom stereocenters. The van der Waals surface area contributed by atoms with Crippen molar-refractivity contribution in [3.8, 4) is 11.3 Å². The van der Waals surface area contributed by atoms with Crippen LogP contribution in [0.1, 0.15) is 19.4 Å². The van der Waals surface area contributed by atoms with E-state index >= 15 is 0 Å². The van der Waals surface area contributed by atoms with Gasteiger partial charge in [-0.1, -0.05) is 55.2 Å². The summed E-state index contributed by atoms with van der Waals surface area (Å²) in [6.45, 7) is 4.32. The Hall–Kier alpha value is -1.53. The Morgan fingerprint density at radius 2 is 1.89 bits per heavy atom. The highest BCUT2D eigenvalue weighted by atomic mass is 35.5. The van der Waals surface area contributed by atoms with Crippen molar-refractivity contribution in [2.45, 2.75) is 30.4 Å². The van der Waals surface area contributed by atoms with Crippen LogP contribution in [0.5, 0.6) is 0 Å². The molecule has 0 saturated heterocycles. The molecular weight excluding hydrogens is 419 g/mol. The van der Waals surface area contributed by atoms with Gasteiger partial charge in [-0.25, -0.2) is 4.98 Å². The van der Waals surface area contributed by atoms with E-state index < -0.39 is 0 Å². The monoisotopic (exact) mass is 436 g/mol. The van der Waals surface area contributed by atoms with E-state index in [0.717, 1.165) is 16.8 Å². The molecule has 27 heavy (non-hydrogen) atoms. The van der Waals surface area contributed by atoms with Crippen molar-refractivity contribution in [1.82, 2.24) is 4.98 Å². The van der Waals surface area contributed by atoms with Gasteiger partial charge in [-0.2, -0.15) is 0 Å². The van der Waals surface area contributed by atoms with Gasteiger partial charge in [0.05, 0.1) is 22.2 Å². The van der Waals surface area contributed by atoms with Gasteiger partial charge in [-0.15, -0.1) is 23.1 Å². The lowest BCUT2D eigenvalue weighted by molar-refractivity contribution is -0.115. The van der Waals surface area contributed by atoms with E-state index in [0.29, 0.717) is 26.8 Å². The van der Waals surface area contributed by atoms with Gasteiger partial charge in [0.15, 0.2) is 5.13 Å². The predicted molar refractivity (Wildman–Crippen MR) is 117 cm³/mol. The summed E-state index contributed by atoms with van der Waals surface area (Å²) in [6.07, 6.45) is 0.314. The molecule has 0 aliphatic heterocycles. The fourth-order valence-electron chi connectivity index (χ4n) is 2.43. The molecule has 0 radical (unpaired) electrons. The zero-order valence-corrected chi connectivity index (χ0v) is 18.0. The molecule has 3 nitrogen and oxygen atoms in total. The molecular formula is C20H18Cl2N2OS2. The van der Waals surface area contributed by atoms with Crippen LogP contribution in [0.2, 0.25) is 10.0 Å². The Labute approximate surface area is 177 Å². The Bertz CT molecular complexity index is 939. The molecule has 0 saturated carbocycles. The van der Waals surface area contributed by atoms with E-state index in [1.807, 2.05) is 23.6 Å². The van der Waals surface area contributed by atoms with Crippen LogP contribution >= 0.6 is 46.3 Å². The molecule has 0 spiro atoms. The van der Waals surface area contributed by atoms with Crippen LogP contribution in [0.15, 0.2) is 52.7 Å². The molecule has 140 valence electrons. The summed E-state index contributed by atoms with van der Waals surface area (Å²) in [5, 5.41) is 6.82. The van der Waals surface area contributed by atoms with E-state index in [1.54, 1.807) is 23.9 Å². The topological polar surface area (TPSA) is 42.0 Å². The first-order valence-electron chi connectivity index (χ1n) is 8.37. The molecule has 3 rings (SSSR count). The molecule has 0 fully saturated rings. The van der Waals surface area contributed by atoms with Crippen LogP contribution in [0, 0.1) is 0 Å². The minimum absolute atomic E-state index is 0.0886. The molecule has 1 aromatic heterocycles. The zero-order valence-electron chi connectivity index (χ0n) is 14.8. The Morgan fingerprint density at radius 3 is 2.56 bits per heavy atom. The number of carbonyl (C=O) groups is 1. The Morgan fingerprint density at radius 1 is 1.15 bits per heavy atom. The van der Waals surface area contributed by atoms with E-state index in [1.165, 1.54) is 16.2 Å². The summed E-state index contributed by atoms with van der Waals surface area (Å²) in [5.74, 6) is -0.0886. The van der Waals surface area contributed by atoms with Crippen molar-refractivity contribution in [3.63, 3.8) is 0 Å². The second kappa shape index (κ2) is 9.11. The number of anilines is 1. The second-order valence-electron chi connectivity index (χ2n) is 6.20.